The highest BCUT2D eigenvalue weighted by Crippen LogP contribution is 2.32. The van der Waals surface area contributed by atoms with Gasteiger partial charge in [-0.15, -0.1) is 11.8 Å². The Morgan fingerprint density at radius 3 is 2.62 bits per heavy atom. The molecular formula is C13H22N2O5S. The van der Waals surface area contributed by atoms with Crippen LogP contribution in [-0.4, -0.2) is 57.8 Å². The van der Waals surface area contributed by atoms with Gasteiger partial charge in [0.1, 0.15) is 12.1 Å². The van der Waals surface area contributed by atoms with Crippen LogP contribution in [0.15, 0.2) is 0 Å². The minimum absolute atomic E-state index is 0.175. The molecule has 7 nitrogen and oxygen atoms in total. The predicted molar refractivity (Wildman–Crippen MR) is 79.0 cm³/mol. The highest BCUT2D eigenvalue weighted by Gasteiger charge is 2.41. The molecule has 0 aromatic heterocycles. The van der Waals surface area contributed by atoms with E-state index in [0.29, 0.717) is 5.75 Å². The van der Waals surface area contributed by atoms with Gasteiger partial charge >= 0.3 is 18.0 Å². The monoisotopic (exact) mass is 318 g/mol. The lowest BCUT2D eigenvalue weighted by atomic mass is 10.2. The van der Waals surface area contributed by atoms with E-state index in [1.165, 1.54) is 23.6 Å². The summed E-state index contributed by atoms with van der Waals surface area (Å²) in [6.07, 6.45) is 1.57. The van der Waals surface area contributed by atoms with Crippen molar-refractivity contribution in [2.45, 2.75) is 51.1 Å². The van der Waals surface area contributed by atoms with E-state index in [0.717, 1.165) is 12.8 Å². The van der Waals surface area contributed by atoms with Gasteiger partial charge in [-0.25, -0.2) is 14.4 Å². The SMILES string of the molecule is CCCC1SCC(C(=O)O)N1C(=O)NC(C)C(=O)OCC. The first kappa shape index (κ1) is 17.6. The van der Waals surface area contributed by atoms with Gasteiger partial charge < -0.3 is 15.2 Å². The maximum Gasteiger partial charge on any atom is 0.328 e. The molecule has 1 fully saturated rings. The summed E-state index contributed by atoms with van der Waals surface area (Å²) in [5, 5.41) is 11.6. The number of ether oxygens (including phenoxy) is 1. The van der Waals surface area contributed by atoms with Gasteiger partial charge in [-0.3, -0.25) is 4.90 Å². The fourth-order valence-corrected chi connectivity index (χ4v) is 3.59. The van der Waals surface area contributed by atoms with Gasteiger partial charge in [-0.1, -0.05) is 13.3 Å². The Balaban J connectivity index is 2.74. The Kier molecular flexibility index (Phi) is 6.80. The van der Waals surface area contributed by atoms with E-state index in [4.69, 9.17) is 4.74 Å². The van der Waals surface area contributed by atoms with Crippen molar-refractivity contribution in [3.63, 3.8) is 0 Å². The third-order valence-electron chi connectivity index (χ3n) is 3.13. The first-order valence-electron chi connectivity index (χ1n) is 7.02. The minimum Gasteiger partial charge on any atom is -0.480 e. The number of carboxylic acids is 1. The van der Waals surface area contributed by atoms with E-state index < -0.39 is 30.1 Å². The molecule has 2 N–H and O–H groups in total. The highest BCUT2D eigenvalue weighted by atomic mass is 32.2. The molecule has 1 aliphatic rings. The number of amides is 2. The van der Waals surface area contributed by atoms with Gasteiger partial charge in [-0.05, 0) is 20.3 Å². The highest BCUT2D eigenvalue weighted by molar-refractivity contribution is 8.00. The van der Waals surface area contributed by atoms with E-state index in [2.05, 4.69) is 5.32 Å². The number of thioether (sulfide) groups is 1. The van der Waals surface area contributed by atoms with Crippen LogP contribution >= 0.6 is 11.8 Å². The predicted octanol–water partition coefficient (Wildman–Crippen LogP) is 1.28. The van der Waals surface area contributed by atoms with Gasteiger partial charge in [0.15, 0.2) is 0 Å². The van der Waals surface area contributed by atoms with Gasteiger partial charge in [0.05, 0.1) is 12.0 Å². The van der Waals surface area contributed by atoms with Crippen molar-refractivity contribution in [2.75, 3.05) is 12.4 Å². The number of rotatable bonds is 6. The molecule has 2 amide bonds. The quantitative estimate of drug-likeness (QED) is 0.716. The van der Waals surface area contributed by atoms with Crippen molar-refractivity contribution >= 4 is 29.7 Å². The zero-order valence-corrected chi connectivity index (χ0v) is 13.3. The molecule has 1 saturated heterocycles. The van der Waals surface area contributed by atoms with Crippen LogP contribution in [0.2, 0.25) is 0 Å². The molecule has 0 radical (unpaired) electrons. The van der Waals surface area contributed by atoms with Crippen LogP contribution in [0.25, 0.3) is 0 Å². The fraction of sp³-hybridized carbons (Fsp3) is 0.769. The molecule has 0 aliphatic carbocycles. The Bertz CT molecular complexity index is 404. The van der Waals surface area contributed by atoms with Gasteiger partial charge in [0.25, 0.3) is 0 Å². The number of carboxylic acid groups (broad SMARTS) is 1. The second kappa shape index (κ2) is 8.11. The summed E-state index contributed by atoms with van der Waals surface area (Å²) in [6.45, 7) is 5.41. The first-order valence-corrected chi connectivity index (χ1v) is 8.07. The lowest BCUT2D eigenvalue weighted by molar-refractivity contribution is -0.144. The zero-order valence-electron chi connectivity index (χ0n) is 12.5. The summed E-state index contributed by atoms with van der Waals surface area (Å²) < 4.78 is 4.82. The maximum absolute atomic E-state index is 12.3. The zero-order chi connectivity index (χ0) is 16.0. The molecule has 3 atom stereocenters. The van der Waals surface area contributed by atoms with Crippen LogP contribution in [0.5, 0.6) is 0 Å². The third kappa shape index (κ3) is 4.52. The standard InChI is InChI=1S/C13H22N2O5S/c1-4-6-10-15(9(7-21-10)11(16)17)13(19)14-8(3)12(18)20-5-2/h8-10H,4-7H2,1-3H3,(H,14,19)(H,16,17). The molecule has 120 valence electrons. The van der Waals surface area contributed by atoms with E-state index in [9.17, 15) is 19.5 Å². The van der Waals surface area contributed by atoms with Crippen LogP contribution in [-0.2, 0) is 14.3 Å². The van der Waals surface area contributed by atoms with E-state index in [-0.39, 0.29) is 12.0 Å². The van der Waals surface area contributed by atoms with Crippen LogP contribution < -0.4 is 5.32 Å². The number of esters is 1. The van der Waals surface area contributed by atoms with E-state index in [1.54, 1.807) is 6.92 Å². The molecular weight excluding hydrogens is 296 g/mol. The molecule has 0 saturated carbocycles. The van der Waals surface area contributed by atoms with Crippen LogP contribution in [0.3, 0.4) is 0 Å². The van der Waals surface area contributed by atoms with Crippen LogP contribution in [0.4, 0.5) is 4.79 Å². The number of nitrogens with one attached hydrogen (secondary N) is 1. The molecule has 1 rings (SSSR count). The lowest BCUT2D eigenvalue weighted by Crippen LogP contribution is -2.53. The van der Waals surface area contributed by atoms with Crippen molar-refractivity contribution in [1.29, 1.82) is 0 Å². The van der Waals surface area contributed by atoms with Gasteiger partial charge in [0, 0.05) is 5.75 Å². The van der Waals surface area contributed by atoms with Crippen molar-refractivity contribution in [2.24, 2.45) is 0 Å². The maximum atomic E-state index is 12.3. The molecule has 0 aromatic carbocycles. The van der Waals surface area contributed by atoms with Gasteiger partial charge in [-0.2, -0.15) is 0 Å². The summed E-state index contributed by atoms with van der Waals surface area (Å²) in [5.74, 6) is -1.20. The Hall–Kier alpha value is -1.44. The number of hydrogen-bond acceptors (Lipinski definition) is 5. The average Bonchev–Trinajstić information content (AvgIpc) is 2.83. The molecule has 0 spiro atoms. The molecule has 0 aromatic rings. The number of hydrogen-bond donors (Lipinski definition) is 2. The summed E-state index contributed by atoms with van der Waals surface area (Å²) in [4.78, 5) is 36.4. The third-order valence-corrected chi connectivity index (χ3v) is 4.48. The normalized spacial score (nSPS) is 22.7. The smallest absolute Gasteiger partial charge is 0.328 e. The molecule has 8 heteroatoms. The lowest BCUT2D eigenvalue weighted by Gasteiger charge is -2.28. The molecule has 3 unspecified atom stereocenters. The van der Waals surface area contributed by atoms with Crippen molar-refractivity contribution in [1.82, 2.24) is 10.2 Å². The topological polar surface area (TPSA) is 95.9 Å². The number of nitrogens with zero attached hydrogens (tertiary/aromatic N) is 1. The average molecular weight is 318 g/mol. The fourth-order valence-electron chi connectivity index (χ4n) is 2.08. The Morgan fingerprint density at radius 1 is 1.43 bits per heavy atom. The number of carbonyl (C=O) groups excluding carboxylic acids is 2. The Morgan fingerprint density at radius 2 is 2.10 bits per heavy atom. The molecule has 0 bridgehead atoms. The first-order chi connectivity index (χ1) is 9.92. The van der Waals surface area contributed by atoms with Crippen molar-refractivity contribution < 1.29 is 24.2 Å². The number of urea groups is 1. The summed E-state index contributed by atoms with van der Waals surface area (Å²) >= 11 is 1.45. The second-order valence-corrected chi connectivity index (χ2v) is 5.97. The van der Waals surface area contributed by atoms with Crippen LogP contribution in [0.1, 0.15) is 33.6 Å². The number of carbonyl (C=O) groups is 3. The van der Waals surface area contributed by atoms with E-state index >= 15 is 0 Å². The molecule has 21 heavy (non-hydrogen) atoms. The largest absolute Gasteiger partial charge is 0.480 e. The van der Waals surface area contributed by atoms with Gasteiger partial charge in [0.2, 0.25) is 0 Å². The summed E-state index contributed by atoms with van der Waals surface area (Å²) in [7, 11) is 0. The van der Waals surface area contributed by atoms with Crippen molar-refractivity contribution in [3.8, 4) is 0 Å². The minimum atomic E-state index is -1.03. The molecule has 1 heterocycles. The summed E-state index contributed by atoms with van der Waals surface area (Å²) in [5.41, 5.74) is 0. The molecule has 1 aliphatic heterocycles. The second-order valence-electron chi connectivity index (χ2n) is 4.76. The van der Waals surface area contributed by atoms with E-state index in [1.807, 2.05) is 6.92 Å². The van der Waals surface area contributed by atoms with Crippen molar-refractivity contribution in [3.05, 3.63) is 0 Å². The Labute approximate surface area is 128 Å². The van der Waals surface area contributed by atoms with Crippen LogP contribution in [0, 0.1) is 0 Å². The summed E-state index contributed by atoms with van der Waals surface area (Å²) in [6, 6.07) is -2.20. The number of aliphatic carboxylic acids is 1.